The molecular weight excluding hydrogens is 725 g/mol. The minimum atomic E-state index is 1.09. The highest BCUT2D eigenvalue weighted by atomic mass is 15.1. The fourth-order valence-corrected chi connectivity index (χ4v) is 9.06. The van der Waals surface area contributed by atoms with Crippen molar-refractivity contribution >= 4 is 55.2 Å². The van der Waals surface area contributed by atoms with E-state index in [0.717, 1.165) is 35.6 Å². The van der Waals surface area contributed by atoms with Gasteiger partial charge >= 0.3 is 0 Å². The van der Waals surface area contributed by atoms with Crippen LogP contribution < -0.4 is 4.90 Å². The molecule has 0 unspecified atom stereocenters. The van der Waals surface area contributed by atoms with Crippen molar-refractivity contribution in [1.82, 2.24) is 4.57 Å². The van der Waals surface area contributed by atoms with E-state index in [-0.39, 0.29) is 0 Å². The summed E-state index contributed by atoms with van der Waals surface area (Å²) in [5, 5.41) is 5.03. The Labute approximate surface area is 351 Å². The molecule has 0 atom stereocenters. The number of nitrogens with zero attached hydrogens (tertiary/aromatic N) is 2. The zero-order valence-corrected chi connectivity index (χ0v) is 33.2. The van der Waals surface area contributed by atoms with E-state index >= 15 is 0 Å². The Morgan fingerprint density at radius 3 is 1.43 bits per heavy atom. The molecule has 0 bridgehead atoms. The first-order valence-electron chi connectivity index (χ1n) is 20.9. The van der Waals surface area contributed by atoms with Crippen LogP contribution in [0.25, 0.3) is 77.2 Å². The Morgan fingerprint density at radius 2 is 0.850 bits per heavy atom. The highest BCUT2D eigenvalue weighted by molar-refractivity contribution is 6.22. The van der Waals surface area contributed by atoms with Crippen LogP contribution in [0.15, 0.2) is 231 Å². The summed E-state index contributed by atoms with van der Waals surface area (Å²) < 4.78 is 2.45. The number of para-hydroxylation sites is 1. The molecule has 0 spiro atoms. The molecule has 2 nitrogen and oxygen atoms in total. The van der Waals surface area contributed by atoms with Crippen LogP contribution in [0, 0.1) is 0 Å². The average molecular weight is 767 g/mol. The van der Waals surface area contributed by atoms with Gasteiger partial charge in [0.15, 0.2) is 0 Å². The second kappa shape index (κ2) is 15.2. The molecule has 284 valence electrons. The maximum absolute atomic E-state index is 2.45. The maximum atomic E-state index is 2.45. The predicted octanol–water partition coefficient (Wildman–Crippen LogP) is 16.1. The van der Waals surface area contributed by atoms with Crippen LogP contribution >= 0.6 is 0 Å². The number of benzene rings is 9. The normalized spacial score (nSPS) is 12.6. The third kappa shape index (κ3) is 6.40. The number of fused-ring (bicyclic) bond motifs is 5. The predicted molar refractivity (Wildman–Crippen MR) is 256 cm³/mol. The second-order valence-electron chi connectivity index (χ2n) is 15.6. The van der Waals surface area contributed by atoms with Gasteiger partial charge in [0.25, 0.3) is 0 Å². The molecule has 1 aliphatic carbocycles. The molecule has 1 aliphatic rings. The third-order valence-electron chi connectivity index (χ3n) is 12.0. The zero-order chi connectivity index (χ0) is 39.8. The smallest absolute Gasteiger partial charge is 0.0619 e. The maximum Gasteiger partial charge on any atom is 0.0619 e. The van der Waals surface area contributed by atoms with Crippen molar-refractivity contribution in [3.05, 3.63) is 236 Å². The van der Waals surface area contributed by atoms with Crippen molar-refractivity contribution in [3.63, 3.8) is 0 Å². The standard InChI is InChI=1S/C58H42N2/c1-4-14-41(15-5-1)43-24-32-48(33-25-43)59(49-34-26-44(27-35-49)42-16-6-2-7-17-42)50-36-28-45(29-37-50)46-30-38-51(39-31-46)60-57-23-13-12-21-53(57)56-40-55(47-18-8-3-9-19-47)52-20-10-11-22-54(52)58(56)60/h1,3-6,8-40H,2,7H2. The molecule has 1 aromatic heterocycles. The van der Waals surface area contributed by atoms with Gasteiger partial charge in [-0.2, -0.15) is 0 Å². The zero-order valence-electron chi connectivity index (χ0n) is 33.2. The minimum absolute atomic E-state index is 1.09. The van der Waals surface area contributed by atoms with Crippen molar-refractivity contribution in [1.29, 1.82) is 0 Å². The molecule has 11 rings (SSSR count). The lowest BCUT2D eigenvalue weighted by Crippen LogP contribution is -2.10. The van der Waals surface area contributed by atoms with Gasteiger partial charge in [-0.25, -0.2) is 0 Å². The quantitative estimate of drug-likeness (QED) is 0.150. The summed E-state index contributed by atoms with van der Waals surface area (Å²) in [6, 6.07) is 77.4. The summed E-state index contributed by atoms with van der Waals surface area (Å²) in [7, 11) is 0. The molecule has 2 heteroatoms. The molecule has 60 heavy (non-hydrogen) atoms. The van der Waals surface area contributed by atoms with Crippen LogP contribution in [0.3, 0.4) is 0 Å². The highest BCUT2D eigenvalue weighted by Gasteiger charge is 2.19. The van der Waals surface area contributed by atoms with Gasteiger partial charge in [-0.3, -0.25) is 0 Å². The van der Waals surface area contributed by atoms with E-state index in [4.69, 9.17) is 0 Å². The van der Waals surface area contributed by atoms with Gasteiger partial charge in [0.1, 0.15) is 0 Å². The SMILES string of the molecule is C1=CC(c2ccc(N(c3ccc(-c4ccccc4)cc3)c3ccc(-c4ccc(-n5c6ccccc6c6cc(-c7ccccc7)c7ccccc7c65)cc4)cc3)cc2)=CCC1. The molecule has 0 saturated carbocycles. The summed E-state index contributed by atoms with van der Waals surface area (Å²) >= 11 is 0. The molecule has 0 saturated heterocycles. The molecule has 0 radical (unpaired) electrons. The highest BCUT2D eigenvalue weighted by Crippen LogP contribution is 2.42. The Balaban J connectivity index is 0.957. The molecule has 0 fully saturated rings. The Morgan fingerprint density at radius 1 is 0.367 bits per heavy atom. The van der Waals surface area contributed by atoms with Crippen molar-refractivity contribution < 1.29 is 0 Å². The summed E-state index contributed by atoms with van der Waals surface area (Å²) in [5.41, 5.74) is 16.8. The largest absolute Gasteiger partial charge is 0.311 e. The second-order valence-corrected chi connectivity index (χ2v) is 15.6. The van der Waals surface area contributed by atoms with Gasteiger partial charge in [0.2, 0.25) is 0 Å². The van der Waals surface area contributed by atoms with Crippen LogP contribution in [0.1, 0.15) is 18.4 Å². The lowest BCUT2D eigenvalue weighted by atomic mass is 9.95. The summed E-state index contributed by atoms with van der Waals surface area (Å²) in [4.78, 5) is 2.35. The number of rotatable bonds is 8. The van der Waals surface area contributed by atoms with Crippen molar-refractivity contribution in [2.24, 2.45) is 0 Å². The van der Waals surface area contributed by atoms with Crippen molar-refractivity contribution in [2.45, 2.75) is 12.8 Å². The summed E-state index contributed by atoms with van der Waals surface area (Å²) in [5.74, 6) is 0. The van der Waals surface area contributed by atoms with Crippen molar-refractivity contribution in [2.75, 3.05) is 4.90 Å². The van der Waals surface area contributed by atoms with Crippen LogP contribution in [0.5, 0.6) is 0 Å². The third-order valence-corrected chi connectivity index (χ3v) is 12.0. The summed E-state index contributed by atoms with van der Waals surface area (Å²) in [6.07, 6.45) is 9.06. The van der Waals surface area contributed by atoms with E-state index in [1.165, 1.54) is 77.1 Å². The summed E-state index contributed by atoms with van der Waals surface area (Å²) in [6.45, 7) is 0. The van der Waals surface area contributed by atoms with E-state index in [1.807, 2.05) is 0 Å². The molecule has 0 aliphatic heterocycles. The van der Waals surface area contributed by atoms with Crippen LogP contribution in [-0.4, -0.2) is 4.57 Å². The molecule has 0 amide bonds. The molecule has 1 heterocycles. The first-order valence-corrected chi connectivity index (χ1v) is 20.9. The molecule has 10 aromatic rings. The Kier molecular flexibility index (Phi) is 9.02. The van der Waals surface area contributed by atoms with Crippen LogP contribution in [0.2, 0.25) is 0 Å². The van der Waals surface area contributed by atoms with Gasteiger partial charge in [0, 0.05) is 38.9 Å². The average Bonchev–Trinajstić information content (AvgIpc) is 3.67. The fraction of sp³-hybridized carbons (Fsp3) is 0.0345. The first-order chi connectivity index (χ1) is 29.8. The van der Waals surface area contributed by atoms with E-state index in [1.54, 1.807) is 0 Å². The number of anilines is 3. The van der Waals surface area contributed by atoms with E-state index < -0.39 is 0 Å². The number of aromatic nitrogens is 1. The molecular formula is C58H42N2. The number of hydrogen-bond donors (Lipinski definition) is 0. The number of allylic oxidation sites excluding steroid dienone is 4. The topological polar surface area (TPSA) is 8.17 Å². The Hall–Kier alpha value is -7.68. The lowest BCUT2D eigenvalue weighted by Gasteiger charge is -2.26. The first kappa shape index (κ1) is 35.5. The van der Waals surface area contributed by atoms with Gasteiger partial charge in [0.05, 0.1) is 11.0 Å². The van der Waals surface area contributed by atoms with E-state index in [0.29, 0.717) is 0 Å². The van der Waals surface area contributed by atoms with Gasteiger partial charge in [-0.05, 0) is 123 Å². The lowest BCUT2D eigenvalue weighted by molar-refractivity contribution is 1.04. The molecule has 9 aromatic carbocycles. The van der Waals surface area contributed by atoms with Crippen molar-refractivity contribution in [3.8, 4) is 39.1 Å². The van der Waals surface area contributed by atoms with Gasteiger partial charge in [-0.1, -0.05) is 170 Å². The molecule has 0 N–H and O–H groups in total. The van der Waals surface area contributed by atoms with Crippen LogP contribution in [-0.2, 0) is 0 Å². The van der Waals surface area contributed by atoms with E-state index in [9.17, 15) is 0 Å². The van der Waals surface area contributed by atoms with E-state index in [2.05, 4.69) is 240 Å². The monoisotopic (exact) mass is 766 g/mol. The minimum Gasteiger partial charge on any atom is -0.311 e. The van der Waals surface area contributed by atoms with Gasteiger partial charge in [-0.15, -0.1) is 0 Å². The van der Waals surface area contributed by atoms with Gasteiger partial charge < -0.3 is 9.47 Å². The fourth-order valence-electron chi connectivity index (χ4n) is 9.06. The van der Waals surface area contributed by atoms with Crippen LogP contribution in [0.4, 0.5) is 17.1 Å². The Bertz CT molecular complexity index is 3190. The number of hydrogen-bond acceptors (Lipinski definition) is 1.